The van der Waals surface area contributed by atoms with Crippen molar-refractivity contribution in [3.05, 3.63) is 0 Å². The molecule has 0 fully saturated rings. The molecule has 0 aliphatic heterocycles. The zero-order valence-electron chi connectivity index (χ0n) is 10.6. The van der Waals surface area contributed by atoms with Gasteiger partial charge >= 0.3 is 15.0 Å². The molecule has 0 atom stereocenters. The average molecular weight is 274 g/mol. The molecule has 0 aliphatic carbocycles. The van der Waals surface area contributed by atoms with Crippen LogP contribution in [-0.2, 0) is 13.3 Å². The Morgan fingerprint density at radius 1 is 0.941 bits per heavy atom. The van der Waals surface area contributed by atoms with Gasteiger partial charge in [-0.25, -0.2) is 0 Å². The fourth-order valence-electron chi connectivity index (χ4n) is 1.37. The third-order valence-electron chi connectivity index (χ3n) is 2.02. The second-order valence-corrected chi connectivity index (χ2v) is 6.29. The van der Waals surface area contributed by atoms with E-state index in [0.717, 1.165) is 12.8 Å². The van der Waals surface area contributed by atoms with E-state index in [4.69, 9.17) is 13.3 Å². The monoisotopic (exact) mass is 274 g/mol. The zero-order valence-corrected chi connectivity index (χ0v) is 11.6. The maximum Gasteiger partial charge on any atom is 0.501 e. The molecule has 0 rings (SSSR count). The van der Waals surface area contributed by atoms with Gasteiger partial charge in [0.25, 0.3) is 0 Å². The molecule has 7 heteroatoms. The highest BCUT2D eigenvalue weighted by atomic mass is 28.4. The van der Waals surface area contributed by atoms with E-state index < -0.39 is 21.6 Å². The van der Waals surface area contributed by atoms with E-state index in [1.54, 1.807) is 13.8 Å². The molecular weight excluding hydrogens is 253 g/mol. The normalized spacial score (nSPS) is 13.1. The van der Waals surface area contributed by atoms with Gasteiger partial charge in [0, 0.05) is 19.3 Å². The molecule has 0 spiro atoms. The average Bonchev–Trinajstić information content (AvgIpc) is 2.23. The molecule has 0 unspecified atom stereocenters. The van der Waals surface area contributed by atoms with E-state index in [0.29, 0.717) is 19.3 Å². The SMILES string of the molecule is CCCC[Si](OCC)(OCC)OCC(F)(F)F. The maximum atomic E-state index is 12.2. The molecule has 0 radical (unpaired) electrons. The minimum absolute atomic E-state index is 0.299. The van der Waals surface area contributed by atoms with Crippen molar-refractivity contribution in [2.45, 2.75) is 45.8 Å². The summed E-state index contributed by atoms with van der Waals surface area (Å²) in [7, 11) is -3.15. The Morgan fingerprint density at radius 2 is 1.47 bits per heavy atom. The van der Waals surface area contributed by atoms with Gasteiger partial charge in [0.05, 0.1) is 0 Å². The second kappa shape index (κ2) is 8.07. The van der Waals surface area contributed by atoms with Gasteiger partial charge < -0.3 is 13.3 Å². The zero-order chi connectivity index (χ0) is 13.4. The Balaban J connectivity index is 4.51. The van der Waals surface area contributed by atoms with Crippen LogP contribution in [0.5, 0.6) is 0 Å². The summed E-state index contributed by atoms with van der Waals surface area (Å²) in [5.41, 5.74) is 0. The summed E-state index contributed by atoms with van der Waals surface area (Å²) in [5, 5.41) is 0. The number of alkyl halides is 3. The van der Waals surface area contributed by atoms with E-state index in [9.17, 15) is 13.2 Å². The van der Waals surface area contributed by atoms with E-state index in [-0.39, 0.29) is 0 Å². The predicted octanol–water partition coefficient (Wildman–Crippen LogP) is 3.38. The van der Waals surface area contributed by atoms with E-state index in [1.807, 2.05) is 6.92 Å². The number of unbranched alkanes of at least 4 members (excludes halogenated alkanes) is 1. The van der Waals surface area contributed by atoms with Crippen LogP contribution in [0.1, 0.15) is 33.6 Å². The fraction of sp³-hybridized carbons (Fsp3) is 1.00. The topological polar surface area (TPSA) is 27.7 Å². The largest absolute Gasteiger partial charge is 0.501 e. The standard InChI is InChI=1S/C10H21F3O3Si/c1-4-7-8-17(14-5-2,15-6-3)16-9-10(11,12)13/h4-9H2,1-3H3. The predicted molar refractivity (Wildman–Crippen MR) is 60.7 cm³/mol. The van der Waals surface area contributed by atoms with Crippen molar-refractivity contribution in [3.8, 4) is 0 Å². The van der Waals surface area contributed by atoms with Crippen LogP contribution in [0.4, 0.5) is 13.2 Å². The lowest BCUT2D eigenvalue weighted by Crippen LogP contribution is -2.47. The quantitative estimate of drug-likeness (QED) is 0.603. The molecule has 0 aromatic rings. The number of hydrogen-bond acceptors (Lipinski definition) is 3. The minimum atomic E-state index is -4.35. The molecule has 104 valence electrons. The van der Waals surface area contributed by atoms with Gasteiger partial charge in [-0.05, 0) is 20.3 Å². The smallest absolute Gasteiger partial charge is 0.374 e. The van der Waals surface area contributed by atoms with Gasteiger partial charge in [0.2, 0.25) is 0 Å². The molecular formula is C10H21F3O3Si. The van der Waals surface area contributed by atoms with Crippen LogP contribution in [-0.4, -0.2) is 34.8 Å². The first-order valence-electron chi connectivity index (χ1n) is 5.87. The van der Waals surface area contributed by atoms with Gasteiger partial charge in [0.1, 0.15) is 6.61 Å². The summed E-state index contributed by atoms with van der Waals surface area (Å²) in [6, 6.07) is 0.432. The molecule has 0 heterocycles. The highest BCUT2D eigenvalue weighted by molar-refractivity contribution is 6.60. The molecule has 0 aliphatic rings. The van der Waals surface area contributed by atoms with Crippen molar-refractivity contribution >= 4 is 8.80 Å². The Hall–Kier alpha value is -0.113. The molecule has 0 saturated carbocycles. The van der Waals surface area contributed by atoms with Crippen molar-refractivity contribution in [2.75, 3.05) is 19.8 Å². The van der Waals surface area contributed by atoms with Crippen molar-refractivity contribution in [1.82, 2.24) is 0 Å². The van der Waals surface area contributed by atoms with Gasteiger partial charge in [-0.3, -0.25) is 0 Å². The number of halogens is 3. The Bertz CT molecular complexity index is 194. The summed E-state index contributed by atoms with van der Waals surface area (Å²) in [6.07, 6.45) is -2.74. The third kappa shape index (κ3) is 7.75. The summed E-state index contributed by atoms with van der Waals surface area (Å²) >= 11 is 0. The van der Waals surface area contributed by atoms with Gasteiger partial charge in [-0.15, -0.1) is 0 Å². The molecule has 0 bridgehead atoms. The lowest BCUT2D eigenvalue weighted by molar-refractivity contribution is -0.164. The number of rotatable bonds is 9. The van der Waals surface area contributed by atoms with Crippen LogP contribution in [0.3, 0.4) is 0 Å². The van der Waals surface area contributed by atoms with Gasteiger partial charge in [0.15, 0.2) is 0 Å². The summed E-state index contributed by atoms with van der Waals surface area (Å²) in [4.78, 5) is 0. The van der Waals surface area contributed by atoms with E-state index in [2.05, 4.69) is 0 Å². The van der Waals surface area contributed by atoms with Crippen LogP contribution < -0.4 is 0 Å². The first kappa shape index (κ1) is 16.9. The Kier molecular flexibility index (Phi) is 8.02. The first-order chi connectivity index (χ1) is 7.89. The van der Waals surface area contributed by atoms with E-state index in [1.165, 1.54) is 0 Å². The van der Waals surface area contributed by atoms with Crippen molar-refractivity contribution in [2.24, 2.45) is 0 Å². The molecule has 0 N–H and O–H groups in total. The van der Waals surface area contributed by atoms with Crippen LogP contribution in [0, 0.1) is 0 Å². The lowest BCUT2D eigenvalue weighted by Gasteiger charge is -2.29. The van der Waals surface area contributed by atoms with Gasteiger partial charge in [-0.1, -0.05) is 13.3 Å². The van der Waals surface area contributed by atoms with Crippen molar-refractivity contribution in [3.63, 3.8) is 0 Å². The highest BCUT2D eigenvalue weighted by Gasteiger charge is 2.43. The van der Waals surface area contributed by atoms with Crippen LogP contribution in [0.15, 0.2) is 0 Å². The number of hydrogen-bond donors (Lipinski definition) is 0. The maximum absolute atomic E-state index is 12.2. The fourth-order valence-corrected chi connectivity index (χ4v) is 4.10. The Labute approximate surface area is 102 Å². The van der Waals surface area contributed by atoms with Gasteiger partial charge in [-0.2, -0.15) is 13.2 Å². The highest BCUT2D eigenvalue weighted by Crippen LogP contribution is 2.23. The van der Waals surface area contributed by atoms with E-state index >= 15 is 0 Å². The Morgan fingerprint density at radius 3 is 1.82 bits per heavy atom. The summed E-state index contributed by atoms with van der Waals surface area (Å²) in [6.45, 7) is 4.71. The second-order valence-electron chi connectivity index (χ2n) is 3.56. The molecule has 0 aromatic heterocycles. The lowest BCUT2D eigenvalue weighted by atomic mass is 10.4. The minimum Gasteiger partial charge on any atom is -0.374 e. The van der Waals surface area contributed by atoms with Crippen molar-refractivity contribution in [1.29, 1.82) is 0 Å². The van der Waals surface area contributed by atoms with Crippen LogP contribution >= 0.6 is 0 Å². The first-order valence-corrected chi connectivity index (χ1v) is 7.81. The molecule has 0 saturated heterocycles. The molecule has 0 amide bonds. The summed E-state index contributed by atoms with van der Waals surface area (Å²) in [5.74, 6) is 0. The van der Waals surface area contributed by atoms with Crippen LogP contribution in [0.2, 0.25) is 6.04 Å². The summed E-state index contributed by atoms with van der Waals surface area (Å²) < 4.78 is 52.2. The van der Waals surface area contributed by atoms with Crippen molar-refractivity contribution < 1.29 is 26.4 Å². The van der Waals surface area contributed by atoms with Crippen LogP contribution in [0.25, 0.3) is 0 Å². The molecule has 3 nitrogen and oxygen atoms in total. The molecule has 17 heavy (non-hydrogen) atoms. The molecule has 0 aromatic carbocycles. The third-order valence-corrected chi connectivity index (χ3v) is 5.03.